The molecule has 2 heteroatoms. The third-order valence-electron chi connectivity index (χ3n) is 1.30. The minimum Gasteiger partial charge on any atom is -0.172 e. The third kappa shape index (κ3) is 6.81. The molecule has 0 saturated carbocycles. The molecule has 10 heavy (non-hydrogen) atoms. The van der Waals surface area contributed by atoms with Gasteiger partial charge in [-0.3, -0.25) is 0 Å². The lowest BCUT2D eigenvalue weighted by atomic mass is 10.2. The first-order valence-electron chi connectivity index (χ1n) is 3.79. The SMILES string of the molecule is CCC(C)SCC(C)(C)S. The number of thioether (sulfide) groups is 1. The quantitative estimate of drug-likeness (QED) is 0.645. The lowest BCUT2D eigenvalue weighted by Gasteiger charge is -2.18. The van der Waals surface area contributed by atoms with Crippen molar-refractivity contribution in [3.8, 4) is 0 Å². The van der Waals surface area contributed by atoms with Crippen LogP contribution in [0, 0.1) is 0 Å². The molecule has 0 N–H and O–H groups in total. The number of hydrogen-bond donors (Lipinski definition) is 1. The third-order valence-corrected chi connectivity index (χ3v) is 3.46. The molecule has 0 heterocycles. The van der Waals surface area contributed by atoms with Crippen LogP contribution in [-0.4, -0.2) is 15.7 Å². The van der Waals surface area contributed by atoms with E-state index in [-0.39, 0.29) is 4.75 Å². The molecule has 1 unspecified atom stereocenters. The highest BCUT2D eigenvalue weighted by Crippen LogP contribution is 2.23. The Hall–Kier alpha value is 0.700. The average Bonchev–Trinajstić information content (AvgIpc) is 1.81. The molecule has 62 valence electrons. The molecule has 0 amide bonds. The van der Waals surface area contributed by atoms with Gasteiger partial charge in [0.15, 0.2) is 0 Å². The van der Waals surface area contributed by atoms with Crippen molar-refractivity contribution in [2.45, 2.75) is 44.1 Å². The molecule has 1 atom stereocenters. The summed E-state index contributed by atoms with van der Waals surface area (Å²) in [6, 6.07) is 0. The fourth-order valence-corrected chi connectivity index (χ4v) is 1.62. The molecule has 0 spiro atoms. The van der Waals surface area contributed by atoms with Gasteiger partial charge in [-0.15, -0.1) is 0 Å². The van der Waals surface area contributed by atoms with E-state index in [0.717, 1.165) is 11.0 Å². The molecule has 0 aliphatic rings. The van der Waals surface area contributed by atoms with Crippen LogP contribution < -0.4 is 0 Å². The van der Waals surface area contributed by atoms with E-state index in [2.05, 4.69) is 40.3 Å². The minimum absolute atomic E-state index is 0.189. The first-order chi connectivity index (χ1) is 4.45. The highest BCUT2D eigenvalue weighted by Gasteiger charge is 2.12. The summed E-state index contributed by atoms with van der Waals surface area (Å²) in [5.74, 6) is 1.14. The Kier molecular flexibility index (Phi) is 4.87. The van der Waals surface area contributed by atoms with Gasteiger partial charge in [-0.05, 0) is 6.42 Å². The normalized spacial score (nSPS) is 15.3. The van der Waals surface area contributed by atoms with E-state index in [1.54, 1.807) is 0 Å². The molecule has 0 rings (SSSR count). The van der Waals surface area contributed by atoms with E-state index in [0.29, 0.717) is 0 Å². The maximum Gasteiger partial charge on any atom is 0.0164 e. The van der Waals surface area contributed by atoms with Crippen LogP contribution in [0.4, 0.5) is 0 Å². The summed E-state index contributed by atoms with van der Waals surface area (Å²) in [6.07, 6.45) is 1.26. The highest BCUT2D eigenvalue weighted by atomic mass is 32.2. The molecule has 0 aliphatic heterocycles. The minimum atomic E-state index is 0.189. The summed E-state index contributed by atoms with van der Waals surface area (Å²) in [5.41, 5.74) is 0. The number of hydrogen-bond acceptors (Lipinski definition) is 2. The second-order valence-electron chi connectivity index (χ2n) is 3.34. The van der Waals surface area contributed by atoms with Crippen LogP contribution in [-0.2, 0) is 0 Å². The van der Waals surface area contributed by atoms with Gasteiger partial charge in [-0.2, -0.15) is 24.4 Å². The van der Waals surface area contributed by atoms with Crippen LogP contribution in [0.3, 0.4) is 0 Å². The number of thiol groups is 1. The highest BCUT2D eigenvalue weighted by molar-refractivity contribution is 8.00. The van der Waals surface area contributed by atoms with Crippen molar-refractivity contribution in [2.75, 3.05) is 5.75 Å². The van der Waals surface area contributed by atoms with Gasteiger partial charge in [0.05, 0.1) is 0 Å². The van der Waals surface area contributed by atoms with Crippen molar-refractivity contribution in [3.63, 3.8) is 0 Å². The molecule has 0 saturated heterocycles. The second-order valence-corrected chi connectivity index (χ2v) is 5.98. The second kappa shape index (κ2) is 4.55. The van der Waals surface area contributed by atoms with Crippen molar-refractivity contribution in [3.05, 3.63) is 0 Å². The summed E-state index contributed by atoms with van der Waals surface area (Å²) in [5, 5.41) is 0.784. The molecule has 0 aliphatic carbocycles. The van der Waals surface area contributed by atoms with Crippen molar-refractivity contribution in [2.24, 2.45) is 0 Å². The van der Waals surface area contributed by atoms with Gasteiger partial charge in [0.25, 0.3) is 0 Å². The van der Waals surface area contributed by atoms with Crippen LogP contribution >= 0.6 is 24.4 Å². The summed E-state index contributed by atoms with van der Waals surface area (Å²) in [6.45, 7) is 8.81. The van der Waals surface area contributed by atoms with E-state index in [1.165, 1.54) is 6.42 Å². The zero-order valence-electron chi connectivity index (χ0n) is 7.35. The standard InChI is InChI=1S/C8H18S2/c1-5-7(2)10-6-8(3,4)9/h7,9H,5-6H2,1-4H3. The van der Waals surface area contributed by atoms with Gasteiger partial charge < -0.3 is 0 Å². The molecule has 0 radical (unpaired) electrons. The van der Waals surface area contributed by atoms with Crippen molar-refractivity contribution < 1.29 is 0 Å². The largest absolute Gasteiger partial charge is 0.172 e. The van der Waals surface area contributed by atoms with Crippen LogP contribution in [0.25, 0.3) is 0 Å². The Morgan fingerprint density at radius 1 is 1.50 bits per heavy atom. The maximum absolute atomic E-state index is 4.45. The summed E-state index contributed by atoms with van der Waals surface area (Å²) in [4.78, 5) is 0. The summed E-state index contributed by atoms with van der Waals surface area (Å²) in [7, 11) is 0. The molecule has 0 bridgehead atoms. The van der Waals surface area contributed by atoms with Crippen LogP contribution in [0.1, 0.15) is 34.1 Å². The summed E-state index contributed by atoms with van der Waals surface area (Å²) < 4.78 is 0.189. The zero-order chi connectivity index (χ0) is 8.20. The Morgan fingerprint density at radius 3 is 2.30 bits per heavy atom. The average molecular weight is 178 g/mol. The lowest BCUT2D eigenvalue weighted by molar-refractivity contribution is 0.815. The predicted octanol–water partition coefficient (Wildman–Crippen LogP) is 3.23. The molecule has 0 aromatic carbocycles. The lowest BCUT2D eigenvalue weighted by Crippen LogP contribution is -2.15. The fourth-order valence-electron chi connectivity index (χ4n) is 0.464. The Labute approximate surface area is 74.6 Å². The van der Waals surface area contributed by atoms with Gasteiger partial charge in [-0.25, -0.2) is 0 Å². The van der Waals surface area contributed by atoms with E-state index in [4.69, 9.17) is 0 Å². The predicted molar refractivity (Wildman–Crippen MR) is 55.3 cm³/mol. The van der Waals surface area contributed by atoms with Crippen molar-refractivity contribution in [1.29, 1.82) is 0 Å². The monoisotopic (exact) mass is 178 g/mol. The van der Waals surface area contributed by atoms with Gasteiger partial charge in [0.2, 0.25) is 0 Å². The Bertz CT molecular complexity index is 83.7. The smallest absolute Gasteiger partial charge is 0.0164 e. The molecule has 0 nitrogen and oxygen atoms in total. The van der Waals surface area contributed by atoms with Crippen LogP contribution in [0.5, 0.6) is 0 Å². The van der Waals surface area contributed by atoms with E-state index < -0.39 is 0 Å². The maximum atomic E-state index is 4.45. The van der Waals surface area contributed by atoms with Gasteiger partial charge in [-0.1, -0.05) is 27.7 Å². The first-order valence-corrected chi connectivity index (χ1v) is 5.29. The fraction of sp³-hybridized carbons (Fsp3) is 1.00. The Balaban J connectivity index is 3.36. The van der Waals surface area contributed by atoms with Gasteiger partial charge in [0, 0.05) is 15.7 Å². The van der Waals surface area contributed by atoms with E-state index in [1.807, 2.05) is 11.8 Å². The molecule has 0 aromatic rings. The van der Waals surface area contributed by atoms with Gasteiger partial charge >= 0.3 is 0 Å². The molecular formula is C8H18S2. The molecule has 0 fully saturated rings. The van der Waals surface area contributed by atoms with Gasteiger partial charge in [0.1, 0.15) is 0 Å². The van der Waals surface area contributed by atoms with Crippen LogP contribution in [0.2, 0.25) is 0 Å². The van der Waals surface area contributed by atoms with E-state index in [9.17, 15) is 0 Å². The van der Waals surface area contributed by atoms with Crippen molar-refractivity contribution in [1.82, 2.24) is 0 Å². The zero-order valence-corrected chi connectivity index (χ0v) is 9.06. The van der Waals surface area contributed by atoms with Crippen LogP contribution in [0.15, 0.2) is 0 Å². The molecule has 0 aromatic heterocycles. The topological polar surface area (TPSA) is 0 Å². The Morgan fingerprint density at radius 2 is 2.00 bits per heavy atom. The van der Waals surface area contributed by atoms with E-state index >= 15 is 0 Å². The van der Waals surface area contributed by atoms with Crippen molar-refractivity contribution >= 4 is 24.4 Å². The number of rotatable bonds is 4. The molecular weight excluding hydrogens is 160 g/mol. The first kappa shape index (κ1) is 10.7. The summed E-state index contributed by atoms with van der Waals surface area (Å²) >= 11 is 6.45.